The van der Waals surface area contributed by atoms with Gasteiger partial charge in [0.15, 0.2) is 0 Å². The Balaban J connectivity index is 1.99. The molecule has 140 valence electrons. The fourth-order valence-corrected chi connectivity index (χ4v) is 5.34. The van der Waals surface area contributed by atoms with Gasteiger partial charge < -0.3 is 9.29 Å². The molecule has 0 radical (unpaired) electrons. The minimum atomic E-state index is -1.12. The van der Waals surface area contributed by atoms with Crippen LogP contribution in [0.2, 0.25) is 0 Å². The molecule has 4 nitrogen and oxygen atoms in total. The molecule has 4 rings (SSSR count). The molecule has 2 aliphatic heterocycles. The summed E-state index contributed by atoms with van der Waals surface area (Å²) in [4.78, 5) is 2.52. The normalized spacial score (nSPS) is 29.4. The largest absolute Gasteiger partial charge is 0.598 e. The SMILES string of the molecule is COc1cccc(C(N[S+]([O-])C(C)(C)C)C23CCC(CC2)CN3C)c1. The molecule has 1 N–H and O–H groups in total. The van der Waals surface area contributed by atoms with Crippen LogP contribution in [0.15, 0.2) is 24.3 Å². The number of nitrogens with one attached hydrogen (secondary N) is 1. The lowest BCUT2D eigenvalue weighted by atomic mass is 9.66. The van der Waals surface area contributed by atoms with Gasteiger partial charge in [-0.15, -0.1) is 4.72 Å². The van der Waals surface area contributed by atoms with E-state index in [0.29, 0.717) is 0 Å². The van der Waals surface area contributed by atoms with Gasteiger partial charge in [0.2, 0.25) is 0 Å². The molecule has 5 heteroatoms. The second kappa shape index (κ2) is 7.10. The van der Waals surface area contributed by atoms with Gasteiger partial charge in [-0.25, -0.2) is 0 Å². The summed E-state index contributed by atoms with van der Waals surface area (Å²) in [5.41, 5.74) is 1.20. The molecule has 1 saturated carbocycles. The third kappa shape index (κ3) is 3.70. The number of rotatable bonds is 5. The first kappa shape index (κ1) is 19.0. The maximum atomic E-state index is 13.0. The van der Waals surface area contributed by atoms with Crippen molar-refractivity contribution in [2.75, 3.05) is 20.7 Å². The first-order valence-electron chi connectivity index (χ1n) is 9.29. The van der Waals surface area contributed by atoms with Crippen LogP contribution in [0, 0.1) is 5.92 Å². The van der Waals surface area contributed by atoms with Gasteiger partial charge in [0, 0.05) is 23.4 Å². The molecule has 2 unspecified atom stereocenters. The van der Waals surface area contributed by atoms with Crippen molar-refractivity contribution in [2.45, 2.75) is 62.8 Å². The van der Waals surface area contributed by atoms with Crippen molar-refractivity contribution in [1.29, 1.82) is 0 Å². The zero-order valence-electron chi connectivity index (χ0n) is 16.2. The summed E-state index contributed by atoms with van der Waals surface area (Å²) < 4.78 is 21.6. The van der Waals surface area contributed by atoms with E-state index in [4.69, 9.17) is 4.74 Å². The number of methoxy groups -OCH3 is 1. The summed E-state index contributed by atoms with van der Waals surface area (Å²) >= 11 is -1.12. The fourth-order valence-electron chi connectivity index (χ4n) is 4.41. The summed E-state index contributed by atoms with van der Waals surface area (Å²) in [5.74, 6) is 1.68. The van der Waals surface area contributed by atoms with Gasteiger partial charge in [-0.2, -0.15) is 0 Å². The maximum absolute atomic E-state index is 13.0. The van der Waals surface area contributed by atoms with Gasteiger partial charge >= 0.3 is 0 Å². The molecule has 2 bridgehead atoms. The predicted octanol–water partition coefficient (Wildman–Crippen LogP) is 3.66. The molecule has 3 fully saturated rings. The molecule has 2 heterocycles. The van der Waals surface area contributed by atoms with E-state index in [-0.39, 0.29) is 16.3 Å². The van der Waals surface area contributed by atoms with Crippen molar-refractivity contribution in [1.82, 2.24) is 9.62 Å². The van der Waals surface area contributed by atoms with Crippen molar-refractivity contribution in [3.8, 4) is 5.75 Å². The van der Waals surface area contributed by atoms with Crippen molar-refractivity contribution in [3.05, 3.63) is 29.8 Å². The highest BCUT2D eigenvalue weighted by Crippen LogP contribution is 2.49. The molecule has 1 aromatic rings. The van der Waals surface area contributed by atoms with Crippen molar-refractivity contribution >= 4 is 11.4 Å². The highest BCUT2D eigenvalue weighted by Gasteiger charge is 2.52. The van der Waals surface area contributed by atoms with E-state index >= 15 is 0 Å². The van der Waals surface area contributed by atoms with Gasteiger partial charge in [-0.3, -0.25) is 4.90 Å². The van der Waals surface area contributed by atoms with Crippen LogP contribution < -0.4 is 9.46 Å². The summed E-state index contributed by atoms with van der Waals surface area (Å²) in [7, 11) is 3.94. The minimum Gasteiger partial charge on any atom is -0.598 e. The molecule has 0 spiro atoms. The lowest BCUT2D eigenvalue weighted by molar-refractivity contribution is -0.0373. The van der Waals surface area contributed by atoms with Crippen LogP contribution in [0.3, 0.4) is 0 Å². The number of ether oxygens (including phenoxy) is 1. The second-order valence-electron chi connectivity index (χ2n) is 8.64. The molecule has 2 atom stereocenters. The second-order valence-corrected chi connectivity index (χ2v) is 10.6. The Bertz CT molecular complexity index is 594. The third-order valence-corrected chi connectivity index (χ3v) is 7.57. The van der Waals surface area contributed by atoms with Gasteiger partial charge in [0.1, 0.15) is 10.5 Å². The predicted molar refractivity (Wildman–Crippen MR) is 104 cm³/mol. The lowest BCUT2D eigenvalue weighted by Gasteiger charge is -2.56. The van der Waals surface area contributed by atoms with Crippen LogP contribution >= 0.6 is 0 Å². The Morgan fingerprint density at radius 1 is 1.32 bits per heavy atom. The summed E-state index contributed by atoms with van der Waals surface area (Å²) in [5, 5.41) is 0. The summed E-state index contributed by atoms with van der Waals surface area (Å²) in [6.45, 7) is 7.22. The lowest BCUT2D eigenvalue weighted by Crippen LogP contribution is -2.63. The van der Waals surface area contributed by atoms with Crippen LogP contribution in [0.5, 0.6) is 5.75 Å². The van der Waals surface area contributed by atoms with Crippen molar-refractivity contribution in [2.24, 2.45) is 5.92 Å². The monoisotopic (exact) mass is 364 g/mol. The molecular formula is C20H32N2O2S. The molecular weight excluding hydrogens is 332 g/mol. The van der Waals surface area contributed by atoms with Gasteiger partial charge in [0.25, 0.3) is 0 Å². The zero-order valence-corrected chi connectivity index (χ0v) is 17.0. The number of hydrogen-bond acceptors (Lipinski definition) is 4. The summed E-state index contributed by atoms with van der Waals surface area (Å²) in [6, 6.07) is 8.28. The molecule has 2 saturated heterocycles. The average Bonchev–Trinajstić information content (AvgIpc) is 2.59. The minimum absolute atomic E-state index is 0.0298. The van der Waals surface area contributed by atoms with Crippen LogP contribution in [-0.2, 0) is 11.4 Å². The third-order valence-electron chi connectivity index (χ3n) is 6.01. The smallest absolute Gasteiger partial charge is 0.136 e. The van der Waals surface area contributed by atoms with E-state index in [9.17, 15) is 4.55 Å². The van der Waals surface area contributed by atoms with E-state index in [1.54, 1.807) is 7.11 Å². The van der Waals surface area contributed by atoms with Gasteiger partial charge in [0.05, 0.1) is 13.2 Å². The number of piperidine rings is 2. The fraction of sp³-hybridized carbons (Fsp3) is 0.700. The van der Waals surface area contributed by atoms with Crippen molar-refractivity contribution < 1.29 is 9.29 Å². The Morgan fingerprint density at radius 3 is 2.56 bits per heavy atom. The number of likely N-dealkylation sites (N-methyl/N-ethyl adjacent to an activating group) is 1. The number of nitrogens with zero attached hydrogens (tertiary/aromatic N) is 1. The Hall–Kier alpha value is -0.750. The summed E-state index contributed by atoms with van der Waals surface area (Å²) in [6.07, 6.45) is 4.86. The standard InChI is InChI=1S/C20H32N2O2S/c1-19(2,3)25(23)21-18(16-7-6-8-17(13-16)24-5)20-11-9-15(10-12-20)14-22(20)4/h6-8,13,15,18,21H,9-12,14H2,1-5H3. The Labute approximate surface area is 155 Å². The number of fused-ring (bicyclic) bond motifs is 3. The Kier molecular flexibility index (Phi) is 5.41. The topological polar surface area (TPSA) is 47.6 Å². The molecule has 25 heavy (non-hydrogen) atoms. The van der Waals surface area contributed by atoms with Crippen LogP contribution in [0.25, 0.3) is 0 Å². The highest BCUT2D eigenvalue weighted by atomic mass is 32.2. The molecule has 3 aliphatic rings. The van der Waals surface area contributed by atoms with E-state index in [1.807, 2.05) is 32.9 Å². The molecule has 0 amide bonds. The first-order valence-corrected chi connectivity index (χ1v) is 10.4. The van der Waals surface area contributed by atoms with E-state index < -0.39 is 11.4 Å². The molecule has 1 aliphatic carbocycles. The van der Waals surface area contributed by atoms with E-state index in [1.165, 1.54) is 18.4 Å². The van der Waals surface area contributed by atoms with E-state index in [0.717, 1.165) is 31.1 Å². The zero-order chi connectivity index (χ0) is 18.2. The average molecular weight is 365 g/mol. The first-order chi connectivity index (χ1) is 11.8. The van der Waals surface area contributed by atoms with Gasteiger partial charge in [-0.05, 0) is 77.1 Å². The number of hydrogen-bond donors (Lipinski definition) is 1. The highest BCUT2D eigenvalue weighted by molar-refractivity contribution is 7.90. The van der Waals surface area contributed by atoms with Crippen molar-refractivity contribution in [3.63, 3.8) is 0 Å². The quantitative estimate of drug-likeness (QED) is 0.810. The molecule has 1 aromatic carbocycles. The maximum Gasteiger partial charge on any atom is 0.136 e. The van der Waals surface area contributed by atoms with Crippen LogP contribution in [0.4, 0.5) is 0 Å². The van der Waals surface area contributed by atoms with E-state index in [2.05, 4.69) is 28.8 Å². The molecule has 0 aromatic heterocycles. The Morgan fingerprint density at radius 2 is 2.00 bits per heavy atom. The van der Waals surface area contributed by atoms with Gasteiger partial charge in [-0.1, -0.05) is 12.1 Å². The number of benzene rings is 1. The van der Waals surface area contributed by atoms with Crippen LogP contribution in [-0.4, -0.2) is 40.4 Å². The van der Waals surface area contributed by atoms with Crippen LogP contribution in [0.1, 0.15) is 58.1 Å².